The molecule has 8 heteroatoms. The summed E-state index contributed by atoms with van der Waals surface area (Å²) in [5.74, 6) is 0.246. The van der Waals surface area contributed by atoms with Gasteiger partial charge >= 0.3 is 0 Å². The number of hydrogen-bond donors (Lipinski definition) is 0. The molecule has 3 aliphatic heterocycles. The summed E-state index contributed by atoms with van der Waals surface area (Å²) in [6.07, 6.45) is 2.84. The molecule has 4 rings (SSSR count). The standard InChI is InChI=1S/C17H24N4O4/c22-16(19-5-9-24-10-6-19)14-13-3-1-2-4-21(13)15(18-14)17(23)20-7-11-25-12-8-20/h1-12H2. The van der Waals surface area contributed by atoms with Gasteiger partial charge in [-0.25, -0.2) is 4.98 Å². The number of carbonyl (C=O) groups is 2. The lowest BCUT2D eigenvalue weighted by Gasteiger charge is -2.27. The molecule has 2 saturated heterocycles. The molecule has 1 aromatic heterocycles. The number of morpholine rings is 2. The summed E-state index contributed by atoms with van der Waals surface area (Å²) in [6.45, 7) is 5.29. The molecule has 0 unspecified atom stereocenters. The van der Waals surface area contributed by atoms with Crippen molar-refractivity contribution in [2.75, 3.05) is 52.6 Å². The fraction of sp³-hybridized carbons (Fsp3) is 0.706. The van der Waals surface area contributed by atoms with Gasteiger partial charge in [-0.1, -0.05) is 0 Å². The average Bonchev–Trinajstić information content (AvgIpc) is 3.08. The van der Waals surface area contributed by atoms with Gasteiger partial charge in [-0.15, -0.1) is 0 Å². The van der Waals surface area contributed by atoms with Crippen LogP contribution >= 0.6 is 0 Å². The predicted octanol–water partition coefficient (Wildman–Crippen LogP) is 0.164. The minimum absolute atomic E-state index is 0.0741. The number of amides is 2. The van der Waals surface area contributed by atoms with Crippen LogP contribution in [0, 0.1) is 0 Å². The Balaban J connectivity index is 1.64. The lowest BCUT2D eigenvalue weighted by molar-refractivity contribution is 0.0289. The van der Waals surface area contributed by atoms with E-state index in [1.807, 2.05) is 4.57 Å². The van der Waals surface area contributed by atoms with Crippen molar-refractivity contribution in [3.63, 3.8) is 0 Å². The lowest BCUT2D eigenvalue weighted by atomic mass is 10.1. The maximum atomic E-state index is 12.9. The van der Waals surface area contributed by atoms with Gasteiger partial charge in [0.05, 0.1) is 32.1 Å². The van der Waals surface area contributed by atoms with Crippen LogP contribution in [0.25, 0.3) is 0 Å². The van der Waals surface area contributed by atoms with E-state index in [4.69, 9.17) is 9.47 Å². The van der Waals surface area contributed by atoms with E-state index in [1.54, 1.807) is 9.80 Å². The van der Waals surface area contributed by atoms with E-state index in [2.05, 4.69) is 4.98 Å². The number of hydrogen-bond acceptors (Lipinski definition) is 5. The number of nitrogens with zero attached hydrogens (tertiary/aromatic N) is 4. The Morgan fingerprint density at radius 2 is 1.40 bits per heavy atom. The third-order valence-electron chi connectivity index (χ3n) is 5.11. The molecule has 25 heavy (non-hydrogen) atoms. The van der Waals surface area contributed by atoms with Gasteiger partial charge < -0.3 is 23.8 Å². The van der Waals surface area contributed by atoms with Gasteiger partial charge in [-0.2, -0.15) is 0 Å². The highest BCUT2D eigenvalue weighted by molar-refractivity contribution is 5.97. The number of ether oxygens (including phenoxy) is 2. The molecule has 0 N–H and O–H groups in total. The molecule has 0 aromatic carbocycles. The number of carbonyl (C=O) groups excluding carboxylic acids is 2. The van der Waals surface area contributed by atoms with Crippen molar-refractivity contribution in [2.45, 2.75) is 25.8 Å². The Bertz CT molecular complexity index is 605. The van der Waals surface area contributed by atoms with E-state index in [0.717, 1.165) is 31.5 Å². The van der Waals surface area contributed by atoms with Crippen molar-refractivity contribution in [3.8, 4) is 0 Å². The van der Waals surface area contributed by atoms with E-state index in [-0.39, 0.29) is 11.8 Å². The summed E-state index contributed by atoms with van der Waals surface area (Å²) in [4.78, 5) is 34.0. The van der Waals surface area contributed by atoms with E-state index in [1.165, 1.54) is 0 Å². The first-order valence-electron chi connectivity index (χ1n) is 9.09. The van der Waals surface area contributed by atoms with Crippen LogP contribution in [0.2, 0.25) is 0 Å². The molecule has 2 amide bonds. The quantitative estimate of drug-likeness (QED) is 0.761. The van der Waals surface area contributed by atoms with Crippen LogP contribution in [0.1, 0.15) is 39.6 Å². The van der Waals surface area contributed by atoms with Crippen LogP contribution in [0.4, 0.5) is 0 Å². The highest BCUT2D eigenvalue weighted by Gasteiger charge is 2.32. The smallest absolute Gasteiger partial charge is 0.290 e. The highest BCUT2D eigenvalue weighted by Crippen LogP contribution is 2.23. The van der Waals surface area contributed by atoms with Crippen molar-refractivity contribution in [1.29, 1.82) is 0 Å². The first-order chi connectivity index (χ1) is 12.3. The largest absolute Gasteiger partial charge is 0.378 e. The lowest BCUT2D eigenvalue weighted by Crippen LogP contribution is -2.42. The molecular formula is C17H24N4O4. The van der Waals surface area contributed by atoms with Crippen LogP contribution in [-0.2, 0) is 22.4 Å². The molecule has 0 bridgehead atoms. The molecule has 3 aliphatic rings. The summed E-state index contributed by atoms with van der Waals surface area (Å²) in [5, 5.41) is 0. The van der Waals surface area contributed by atoms with Crippen molar-refractivity contribution < 1.29 is 19.1 Å². The second kappa shape index (κ2) is 7.13. The Labute approximate surface area is 146 Å². The van der Waals surface area contributed by atoms with Crippen LogP contribution in [0.15, 0.2) is 0 Å². The van der Waals surface area contributed by atoms with Gasteiger partial charge in [0.2, 0.25) is 0 Å². The summed E-state index contributed by atoms with van der Waals surface area (Å²) in [7, 11) is 0. The number of imidazole rings is 1. The fourth-order valence-electron chi connectivity index (χ4n) is 3.70. The molecular weight excluding hydrogens is 324 g/mol. The highest BCUT2D eigenvalue weighted by atomic mass is 16.5. The Hall–Kier alpha value is -1.93. The van der Waals surface area contributed by atoms with Gasteiger partial charge in [0.25, 0.3) is 11.8 Å². The topological polar surface area (TPSA) is 76.9 Å². The fourth-order valence-corrected chi connectivity index (χ4v) is 3.70. The predicted molar refractivity (Wildman–Crippen MR) is 88.6 cm³/mol. The third kappa shape index (κ3) is 3.16. The minimum atomic E-state index is -0.0903. The monoisotopic (exact) mass is 348 g/mol. The number of aromatic nitrogens is 2. The van der Waals surface area contributed by atoms with E-state index >= 15 is 0 Å². The Kier molecular flexibility index (Phi) is 4.72. The second-order valence-electron chi connectivity index (χ2n) is 6.65. The summed E-state index contributed by atoms with van der Waals surface area (Å²) in [5.41, 5.74) is 1.37. The minimum Gasteiger partial charge on any atom is -0.378 e. The molecule has 0 atom stereocenters. The van der Waals surface area contributed by atoms with Crippen molar-refractivity contribution in [3.05, 3.63) is 17.2 Å². The van der Waals surface area contributed by atoms with Crippen LogP contribution in [0.3, 0.4) is 0 Å². The first-order valence-corrected chi connectivity index (χ1v) is 9.09. The van der Waals surface area contributed by atoms with Crippen LogP contribution in [0.5, 0.6) is 0 Å². The molecule has 1 aromatic rings. The molecule has 0 aliphatic carbocycles. The average molecular weight is 348 g/mol. The zero-order valence-corrected chi connectivity index (χ0v) is 14.4. The molecule has 2 fully saturated rings. The van der Waals surface area contributed by atoms with Crippen molar-refractivity contribution in [2.24, 2.45) is 0 Å². The van der Waals surface area contributed by atoms with Gasteiger partial charge in [0.1, 0.15) is 5.69 Å². The van der Waals surface area contributed by atoms with E-state index < -0.39 is 0 Å². The molecule has 8 nitrogen and oxygen atoms in total. The van der Waals surface area contributed by atoms with E-state index in [9.17, 15) is 9.59 Å². The van der Waals surface area contributed by atoms with Crippen molar-refractivity contribution in [1.82, 2.24) is 19.4 Å². The zero-order valence-electron chi connectivity index (χ0n) is 14.4. The molecule has 136 valence electrons. The number of fused-ring (bicyclic) bond motifs is 1. The second-order valence-corrected chi connectivity index (χ2v) is 6.65. The molecule has 4 heterocycles. The van der Waals surface area contributed by atoms with E-state index in [0.29, 0.717) is 64.1 Å². The summed E-state index contributed by atoms with van der Waals surface area (Å²) in [6, 6.07) is 0. The van der Waals surface area contributed by atoms with Crippen LogP contribution < -0.4 is 0 Å². The first kappa shape index (κ1) is 16.5. The maximum absolute atomic E-state index is 12.9. The maximum Gasteiger partial charge on any atom is 0.290 e. The Morgan fingerprint density at radius 3 is 2.04 bits per heavy atom. The Morgan fingerprint density at radius 1 is 0.800 bits per heavy atom. The molecule has 0 spiro atoms. The summed E-state index contributed by atoms with van der Waals surface area (Å²) < 4.78 is 12.6. The summed E-state index contributed by atoms with van der Waals surface area (Å²) >= 11 is 0. The van der Waals surface area contributed by atoms with Gasteiger partial charge in [0.15, 0.2) is 5.82 Å². The third-order valence-corrected chi connectivity index (χ3v) is 5.11. The van der Waals surface area contributed by atoms with Gasteiger partial charge in [0, 0.05) is 32.7 Å². The normalized spacial score (nSPS) is 21.1. The molecule has 0 saturated carbocycles. The van der Waals surface area contributed by atoms with Crippen LogP contribution in [-0.4, -0.2) is 83.8 Å². The SMILES string of the molecule is O=C(c1nc(C(=O)N2CCOCC2)n2c1CCCC2)N1CCOCC1. The van der Waals surface area contributed by atoms with Gasteiger partial charge in [-0.05, 0) is 19.3 Å². The number of rotatable bonds is 2. The van der Waals surface area contributed by atoms with Gasteiger partial charge in [-0.3, -0.25) is 9.59 Å². The molecule has 0 radical (unpaired) electrons. The van der Waals surface area contributed by atoms with Crippen molar-refractivity contribution >= 4 is 11.8 Å². The zero-order chi connectivity index (χ0) is 17.2.